The summed E-state index contributed by atoms with van der Waals surface area (Å²) in [6, 6.07) is 8.64. The summed E-state index contributed by atoms with van der Waals surface area (Å²) in [5.74, 6) is 1.58. The summed E-state index contributed by atoms with van der Waals surface area (Å²) in [7, 11) is 2.05. The molecule has 1 aromatic rings. The van der Waals surface area contributed by atoms with Crippen molar-refractivity contribution in [2.75, 3.05) is 7.05 Å². The predicted molar refractivity (Wildman–Crippen MR) is 74.4 cm³/mol. The van der Waals surface area contributed by atoms with E-state index in [0.29, 0.717) is 6.04 Å². The standard InChI is InChI=1S/C15H22ClN/c1-11-6-5-7-12(10-11)15(17-2)13-8-3-4-9-14(13)16/h3-4,8-9,11-12,15,17H,5-7,10H2,1-2H3. The summed E-state index contributed by atoms with van der Waals surface area (Å²) in [5, 5.41) is 4.36. The minimum atomic E-state index is 0.409. The molecule has 1 nitrogen and oxygen atoms in total. The Kier molecular flexibility index (Phi) is 4.47. The molecule has 1 aliphatic carbocycles. The fraction of sp³-hybridized carbons (Fsp3) is 0.600. The number of hydrogen-bond donors (Lipinski definition) is 1. The Morgan fingerprint density at radius 2 is 2.06 bits per heavy atom. The van der Waals surface area contributed by atoms with Crippen molar-refractivity contribution in [3.63, 3.8) is 0 Å². The molecule has 1 aromatic carbocycles. The number of hydrogen-bond acceptors (Lipinski definition) is 1. The molecule has 1 saturated carbocycles. The molecule has 3 atom stereocenters. The van der Waals surface area contributed by atoms with E-state index in [2.05, 4.69) is 24.4 Å². The third kappa shape index (κ3) is 3.02. The van der Waals surface area contributed by atoms with Gasteiger partial charge < -0.3 is 5.32 Å². The van der Waals surface area contributed by atoms with Crippen LogP contribution in [0.25, 0.3) is 0 Å². The fourth-order valence-electron chi connectivity index (χ4n) is 3.16. The Hall–Kier alpha value is -0.530. The molecule has 94 valence electrons. The lowest BCUT2D eigenvalue weighted by Gasteiger charge is -2.33. The molecule has 0 amide bonds. The van der Waals surface area contributed by atoms with Crippen molar-refractivity contribution in [2.45, 2.75) is 38.6 Å². The van der Waals surface area contributed by atoms with Gasteiger partial charge in [-0.2, -0.15) is 0 Å². The highest BCUT2D eigenvalue weighted by atomic mass is 35.5. The van der Waals surface area contributed by atoms with Crippen molar-refractivity contribution in [1.29, 1.82) is 0 Å². The van der Waals surface area contributed by atoms with Crippen molar-refractivity contribution >= 4 is 11.6 Å². The van der Waals surface area contributed by atoms with Crippen LogP contribution in [0.1, 0.15) is 44.2 Å². The van der Waals surface area contributed by atoms with Gasteiger partial charge in [-0.25, -0.2) is 0 Å². The van der Waals surface area contributed by atoms with Gasteiger partial charge in [0.1, 0.15) is 0 Å². The van der Waals surface area contributed by atoms with E-state index in [0.717, 1.165) is 16.9 Å². The predicted octanol–water partition coefficient (Wildman–Crippen LogP) is 4.43. The van der Waals surface area contributed by atoms with Gasteiger partial charge in [-0.15, -0.1) is 0 Å². The number of benzene rings is 1. The molecule has 3 unspecified atom stereocenters. The van der Waals surface area contributed by atoms with Crippen molar-refractivity contribution in [3.05, 3.63) is 34.9 Å². The first kappa shape index (κ1) is 12.9. The van der Waals surface area contributed by atoms with Crippen molar-refractivity contribution in [2.24, 2.45) is 11.8 Å². The Balaban J connectivity index is 2.18. The van der Waals surface area contributed by atoms with Gasteiger partial charge in [0.25, 0.3) is 0 Å². The van der Waals surface area contributed by atoms with Crippen LogP contribution in [-0.4, -0.2) is 7.05 Å². The first-order valence-electron chi connectivity index (χ1n) is 6.64. The highest BCUT2D eigenvalue weighted by molar-refractivity contribution is 6.31. The molecule has 0 bridgehead atoms. The summed E-state index contributed by atoms with van der Waals surface area (Å²) < 4.78 is 0. The lowest BCUT2D eigenvalue weighted by atomic mass is 9.77. The smallest absolute Gasteiger partial charge is 0.0453 e. The summed E-state index contributed by atoms with van der Waals surface area (Å²) in [6.45, 7) is 2.37. The van der Waals surface area contributed by atoms with E-state index in [-0.39, 0.29) is 0 Å². The van der Waals surface area contributed by atoms with Gasteiger partial charge in [0.15, 0.2) is 0 Å². The van der Waals surface area contributed by atoms with E-state index >= 15 is 0 Å². The second-order valence-corrected chi connectivity index (χ2v) is 5.73. The SMILES string of the molecule is CNC(c1ccccc1Cl)C1CCCC(C)C1. The van der Waals surface area contributed by atoms with Crippen LogP contribution in [0.4, 0.5) is 0 Å². The topological polar surface area (TPSA) is 12.0 Å². The molecule has 1 aliphatic rings. The van der Waals surface area contributed by atoms with Crippen LogP contribution in [0, 0.1) is 11.8 Å². The molecule has 0 saturated heterocycles. The van der Waals surface area contributed by atoms with E-state index in [1.54, 1.807) is 0 Å². The largest absolute Gasteiger partial charge is 0.313 e. The molecule has 0 aliphatic heterocycles. The monoisotopic (exact) mass is 251 g/mol. The van der Waals surface area contributed by atoms with Gasteiger partial charge in [0.2, 0.25) is 0 Å². The Bertz CT molecular complexity index is 364. The average molecular weight is 252 g/mol. The second-order valence-electron chi connectivity index (χ2n) is 5.32. The zero-order chi connectivity index (χ0) is 12.3. The molecule has 2 rings (SSSR count). The van der Waals surface area contributed by atoms with Crippen LogP contribution in [0.3, 0.4) is 0 Å². The highest BCUT2D eigenvalue weighted by Gasteiger charge is 2.27. The van der Waals surface area contributed by atoms with Gasteiger partial charge in [-0.05, 0) is 43.4 Å². The number of nitrogens with one attached hydrogen (secondary N) is 1. The van der Waals surface area contributed by atoms with Crippen LogP contribution in [-0.2, 0) is 0 Å². The maximum Gasteiger partial charge on any atom is 0.0453 e. The molecular formula is C15H22ClN. The third-order valence-corrected chi connectivity index (χ3v) is 4.34. The minimum Gasteiger partial charge on any atom is -0.313 e. The van der Waals surface area contributed by atoms with Crippen LogP contribution in [0.2, 0.25) is 5.02 Å². The van der Waals surface area contributed by atoms with Crippen molar-refractivity contribution in [3.8, 4) is 0 Å². The van der Waals surface area contributed by atoms with Crippen molar-refractivity contribution < 1.29 is 0 Å². The summed E-state index contributed by atoms with van der Waals surface area (Å²) in [4.78, 5) is 0. The molecule has 1 fully saturated rings. The van der Waals surface area contributed by atoms with Crippen LogP contribution < -0.4 is 5.32 Å². The average Bonchev–Trinajstić information content (AvgIpc) is 2.33. The lowest BCUT2D eigenvalue weighted by Crippen LogP contribution is -2.29. The Morgan fingerprint density at radius 1 is 1.29 bits per heavy atom. The van der Waals surface area contributed by atoms with E-state index in [1.807, 2.05) is 19.2 Å². The zero-order valence-corrected chi connectivity index (χ0v) is 11.5. The van der Waals surface area contributed by atoms with E-state index in [1.165, 1.54) is 31.2 Å². The first-order valence-corrected chi connectivity index (χ1v) is 7.02. The van der Waals surface area contributed by atoms with Gasteiger partial charge in [-0.1, -0.05) is 49.6 Å². The minimum absolute atomic E-state index is 0.409. The number of rotatable bonds is 3. The van der Waals surface area contributed by atoms with Gasteiger partial charge in [0, 0.05) is 11.1 Å². The van der Waals surface area contributed by atoms with E-state index < -0.39 is 0 Å². The summed E-state index contributed by atoms with van der Waals surface area (Å²) >= 11 is 6.31. The van der Waals surface area contributed by atoms with Crippen LogP contribution in [0.5, 0.6) is 0 Å². The number of halogens is 1. The highest BCUT2D eigenvalue weighted by Crippen LogP contribution is 2.38. The molecule has 1 N–H and O–H groups in total. The summed E-state index contributed by atoms with van der Waals surface area (Å²) in [5.41, 5.74) is 1.26. The lowest BCUT2D eigenvalue weighted by molar-refractivity contribution is 0.230. The molecule has 17 heavy (non-hydrogen) atoms. The Morgan fingerprint density at radius 3 is 2.71 bits per heavy atom. The normalized spacial score (nSPS) is 26.8. The maximum absolute atomic E-state index is 6.31. The van der Waals surface area contributed by atoms with Crippen LogP contribution in [0.15, 0.2) is 24.3 Å². The fourth-order valence-corrected chi connectivity index (χ4v) is 3.41. The van der Waals surface area contributed by atoms with Crippen LogP contribution >= 0.6 is 11.6 Å². The van der Waals surface area contributed by atoms with E-state index in [4.69, 9.17) is 11.6 Å². The molecular weight excluding hydrogens is 230 g/mol. The van der Waals surface area contributed by atoms with Crippen molar-refractivity contribution in [1.82, 2.24) is 5.32 Å². The third-order valence-electron chi connectivity index (χ3n) is 4.00. The molecule has 0 radical (unpaired) electrons. The first-order chi connectivity index (χ1) is 8.22. The van der Waals surface area contributed by atoms with Gasteiger partial charge in [0.05, 0.1) is 0 Å². The quantitative estimate of drug-likeness (QED) is 0.838. The van der Waals surface area contributed by atoms with E-state index in [9.17, 15) is 0 Å². The molecule has 0 aromatic heterocycles. The second kappa shape index (κ2) is 5.88. The van der Waals surface area contributed by atoms with Gasteiger partial charge in [-0.3, -0.25) is 0 Å². The molecule has 2 heteroatoms. The van der Waals surface area contributed by atoms with Gasteiger partial charge >= 0.3 is 0 Å². The molecule has 0 heterocycles. The molecule has 0 spiro atoms. The Labute approximate surface area is 110 Å². The maximum atomic E-state index is 6.31. The zero-order valence-electron chi connectivity index (χ0n) is 10.7. The summed E-state index contributed by atoms with van der Waals surface area (Å²) in [6.07, 6.45) is 5.38.